The zero-order chi connectivity index (χ0) is 8.31. The standard InChI is InChI=1S/C5H7NO4/c1-3(5(7)8)4(2)6(9)10/h1-2H3,(H,7,8)/b4-3+. The second-order valence-corrected chi connectivity index (χ2v) is 1.77. The molecular formula is C5H7NO4. The van der Waals surface area contributed by atoms with E-state index in [9.17, 15) is 14.9 Å². The first kappa shape index (κ1) is 8.61. The molecule has 0 aromatic heterocycles. The van der Waals surface area contributed by atoms with Crippen LogP contribution in [-0.4, -0.2) is 16.0 Å². The largest absolute Gasteiger partial charge is 0.478 e. The molecule has 1 N–H and O–H groups in total. The van der Waals surface area contributed by atoms with Crippen molar-refractivity contribution < 1.29 is 14.8 Å². The second-order valence-electron chi connectivity index (χ2n) is 1.77. The molecule has 0 aliphatic rings. The number of nitrogens with zero attached hydrogens (tertiary/aromatic N) is 1. The minimum Gasteiger partial charge on any atom is -0.478 e. The number of aliphatic carboxylic acids is 1. The highest BCUT2D eigenvalue weighted by Crippen LogP contribution is 2.02. The number of allylic oxidation sites excluding steroid dienone is 1. The Kier molecular flexibility index (Phi) is 2.54. The average Bonchev–Trinajstić information content (AvgIpc) is 1.84. The Labute approximate surface area is 57.1 Å². The van der Waals surface area contributed by atoms with Crippen molar-refractivity contribution in [2.24, 2.45) is 0 Å². The van der Waals surface area contributed by atoms with Crippen LogP contribution in [-0.2, 0) is 4.79 Å². The SMILES string of the molecule is C/C(C(=O)O)=C(/C)[N+](=O)[O-]. The molecule has 5 nitrogen and oxygen atoms in total. The molecule has 0 aliphatic heterocycles. The van der Waals surface area contributed by atoms with Crippen LogP contribution in [0.1, 0.15) is 13.8 Å². The smallest absolute Gasteiger partial charge is 0.337 e. The van der Waals surface area contributed by atoms with E-state index in [0.29, 0.717) is 0 Å². The van der Waals surface area contributed by atoms with Crippen molar-refractivity contribution >= 4 is 5.97 Å². The molecule has 56 valence electrons. The molecule has 0 unspecified atom stereocenters. The number of nitro groups is 1. The van der Waals surface area contributed by atoms with Gasteiger partial charge in [-0.25, -0.2) is 4.79 Å². The topological polar surface area (TPSA) is 80.4 Å². The van der Waals surface area contributed by atoms with Gasteiger partial charge < -0.3 is 5.11 Å². The van der Waals surface area contributed by atoms with Crippen LogP contribution in [0.15, 0.2) is 11.3 Å². The van der Waals surface area contributed by atoms with Crippen LogP contribution in [0, 0.1) is 10.1 Å². The van der Waals surface area contributed by atoms with Crippen molar-refractivity contribution in [1.29, 1.82) is 0 Å². The summed E-state index contributed by atoms with van der Waals surface area (Å²) >= 11 is 0. The van der Waals surface area contributed by atoms with E-state index in [1.54, 1.807) is 0 Å². The van der Waals surface area contributed by atoms with Crippen molar-refractivity contribution in [1.82, 2.24) is 0 Å². The fraction of sp³-hybridized carbons (Fsp3) is 0.400. The third kappa shape index (κ3) is 1.85. The zero-order valence-corrected chi connectivity index (χ0v) is 5.62. The van der Waals surface area contributed by atoms with E-state index in [0.717, 1.165) is 6.92 Å². The van der Waals surface area contributed by atoms with Gasteiger partial charge in [-0.1, -0.05) is 0 Å². The third-order valence-electron chi connectivity index (χ3n) is 1.14. The Morgan fingerprint density at radius 3 is 2.00 bits per heavy atom. The van der Waals surface area contributed by atoms with Gasteiger partial charge >= 0.3 is 5.97 Å². The van der Waals surface area contributed by atoms with Crippen LogP contribution in [0.3, 0.4) is 0 Å². The van der Waals surface area contributed by atoms with Crippen LogP contribution >= 0.6 is 0 Å². The number of rotatable bonds is 2. The van der Waals surface area contributed by atoms with E-state index < -0.39 is 10.9 Å². The maximum atomic E-state index is 10.1. The van der Waals surface area contributed by atoms with Crippen molar-refractivity contribution in [3.05, 3.63) is 21.4 Å². The number of hydrogen-bond acceptors (Lipinski definition) is 3. The van der Waals surface area contributed by atoms with E-state index in [1.165, 1.54) is 6.92 Å². The van der Waals surface area contributed by atoms with E-state index in [1.807, 2.05) is 0 Å². The van der Waals surface area contributed by atoms with Crippen molar-refractivity contribution in [2.45, 2.75) is 13.8 Å². The molecule has 0 rings (SSSR count). The summed E-state index contributed by atoms with van der Waals surface area (Å²) in [7, 11) is 0. The molecule has 0 atom stereocenters. The lowest BCUT2D eigenvalue weighted by Crippen LogP contribution is -2.05. The first-order valence-electron chi connectivity index (χ1n) is 2.52. The maximum absolute atomic E-state index is 10.1. The lowest BCUT2D eigenvalue weighted by molar-refractivity contribution is -0.425. The van der Waals surface area contributed by atoms with Crippen LogP contribution in [0.25, 0.3) is 0 Å². The minimum atomic E-state index is -1.26. The van der Waals surface area contributed by atoms with Gasteiger partial charge in [-0.3, -0.25) is 10.1 Å². The molecule has 0 heterocycles. The van der Waals surface area contributed by atoms with E-state index in [2.05, 4.69) is 0 Å². The van der Waals surface area contributed by atoms with Gasteiger partial charge in [0.1, 0.15) is 5.57 Å². The normalized spacial score (nSPS) is 12.2. The number of carboxylic acids is 1. The summed E-state index contributed by atoms with van der Waals surface area (Å²) in [6.07, 6.45) is 0. The molecule has 0 fully saturated rings. The number of carbonyl (C=O) groups is 1. The van der Waals surface area contributed by atoms with Crippen molar-refractivity contribution in [2.75, 3.05) is 0 Å². The Bertz CT molecular complexity index is 184. The third-order valence-corrected chi connectivity index (χ3v) is 1.14. The molecule has 0 radical (unpaired) electrons. The first-order valence-corrected chi connectivity index (χ1v) is 2.52. The molecule has 0 saturated carbocycles. The zero-order valence-electron chi connectivity index (χ0n) is 5.62. The van der Waals surface area contributed by atoms with Gasteiger partial charge in [0.2, 0.25) is 0 Å². The van der Waals surface area contributed by atoms with E-state index in [4.69, 9.17) is 5.11 Å². The molecule has 0 amide bonds. The average molecular weight is 145 g/mol. The van der Waals surface area contributed by atoms with E-state index >= 15 is 0 Å². The van der Waals surface area contributed by atoms with Gasteiger partial charge in [0.05, 0.1) is 4.92 Å². The summed E-state index contributed by atoms with van der Waals surface area (Å²) < 4.78 is 0. The van der Waals surface area contributed by atoms with Gasteiger partial charge in [0.15, 0.2) is 0 Å². The van der Waals surface area contributed by atoms with Gasteiger partial charge in [0, 0.05) is 6.92 Å². The Morgan fingerprint density at radius 2 is 1.90 bits per heavy atom. The predicted molar refractivity (Wildman–Crippen MR) is 33.0 cm³/mol. The van der Waals surface area contributed by atoms with Gasteiger partial charge in [-0.2, -0.15) is 0 Å². The molecule has 5 heteroatoms. The van der Waals surface area contributed by atoms with E-state index in [-0.39, 0.29) is 11.3 Å². The Hall–Kier alpha value is -1.39. The van der Waals surface area contributed by atoms with Gasteiger partial charge in [0.25, 0.3) is 5.70 Å². The number of hydrogen-bond donors (Lipinski definition) is 1. The maximum Gasteiger partial charge on any atom is 0.337 e. The molecule has 0 bridgehead atoms. The van der Waals surface area contributed by atoms with Crippen LogP contribution in [0.5, 0.6) is 0 Å². The summed E-state index contributed by atoms with van der Waals surface area (Å²) in [6.45, 7) is 2.35. The quantitative estimate of drug-likeness (QED) is 0.351. The molecule has 0 aromatic rings. The summed E-state index contributed by atoms with van der Waals surface area (Å²) in [4.78, 5) is 19.3. The molecule has 10 heavy (non-hydrogen) atoms. The van der Waals surface area contributed by atoms with Crippen molar-refractivity contribution in [3.8, 4) is 0 Å². The predicted octanol–water partition coefficient (Wildman–Crippen LogP) is 0.642. The first-order chi connectivity index (χ1) is 4.46. The van der Waals surface area contributed by atoms with Gasteiger partial charge in [-0.15, -0.1) is 0 Å². The molecular weight excluding hydrogens is 138 g/mol. The minimum absolute atomic E-state index is 0.231. The Morgan fingerprint density at radius 1 is 1.50 bits per heavy atom. The van der Waals surface area contributed by atoms with Crippen LogP contribution in [0.2, 0.25) is 0 Å². The molecule has 0 aromatic carbocycles. The number of carboxylic acid groups (broad SMARTS) is 1. The van der Waals surface area contributed by atoms with Crippen LogP contribution in [0.4, 0.5) is 0 Å². The second kappa shape index (κ2) is 2.95. The lowest BCUT2D eigenvalue weighted by Gasteiger charge is -1.91. The fourth-order valence-electron chi connectivity index (χ4n) is 0.292. The summed E-state index contributed by atoms with van der Waals surface area (Å²) in [5.41, 5.74) is -0.558. The van der Waals surface area contributed by atoms with Crippen LogP contribution < -0.4 is 0 Å². The molecule has 0 spiro atoms. The summed E-state index contributed by atoms with van der Waals surface area (Å²) in [5.74, 6) is -1.26. The molecule has 0 saturated heterocycles. The highest BCUT2D eigenvalue weighted by Gasteiger charge is 2.13. The monoisotopic (exact) mass is 145 g/mol. The highest BCUT2D eigenvalue weighted by atomic mass is 16.6. The summed E-state index contributed by atoms with van der Waals surface area (Å²) in [5, 5.41) is 18.2. The lowest BCUT2D eigenvalue weighted by atomic mass is 10.2. The van der Waals surface area contributed by atoms with Gasteiger partial charge in [-0.05, 0) is 6.92 Å². The fourth-order valence-corrected chi connectivity index (χ4v) is 0.292. The Balaban J connectivity index is 4.67. The molecule has 0 aliphatic carbocycles. The summed E-state index contributed by atoms with van der Waals surface area (Å²) in [6, 6.07) is 0. The highest BCUT2D eigenvalue weighted by molar-refractivity contribution is 5.86. The van der Waals surface area contributed by atoms with Crippen molar-refractivity contribution in [3.63, 3.8) is 0 Å².